The standard InChI is InChI=1S/C16H22ClN5/c1-3-18-16(10-5-4-6-11-16)15-19-20-21-22(15)14-9-7-8-13(17)12(14)2/h7-9,18H,3-6,10-11H2,1-2H3. The van der Waals surface area contributed by atoms with Crippen molar-refractivity contribution in [1.29, 1.82) is 0 Å². The lowest BCUT2D eigenvalue weighted by molar-refractivity contribution is 0.220. The van der Waals surface area contributed by atoms with Gasteiger partial charge >= 0.3 is 0 Å². The maximum absolute atomic E-state index is 6.27. The summed E-state index contributed by atoms with van der Waals surface area (Å²) >= 11 is 6.27. The second-order valence-corrected chi connectivity index (χ2v) is 6.38. The zero-order valence-electron chi connectivity index (χ0n) is 13.1. The van der Waals surface area contributed by atoms with Crippen molar-refractivity contribution in [1.82, 2.24) is 25.5 Å². The number of hydrogen-bond donors (Lipinski definition) is 1. The maximum atomic E-state index is 6.27. The normalized spacial score (nSPS) is 17.6. The van der Waals surface area contributed by atoms with Gasteiger partial charge in [0.25, 0.3) is 0 Å². The highest BCUT2D eigenvalue weighted by molar-refractivity contribution is 6.31. The molecule has 1 aromatic carbocycles. The highest BCUT2D eigenvalue weighted by Gasteiger charge is 2.38. The van der Waals surface area contributed by atoms with Crippen molar-refractivity contribution in [2.45, 2.75) is 51.5 Å². The largest absolute Gasteiger partial charge is 0.305 e. The molecule has 0 atom stereocenters. The summed E-state index contributed by atoms with van der Waals surface area (Å²) in [5.41, 5.74) is 1.82. The van der Waals surface area contributed by atoms with Crippen LogP contribution in [0.2, 0.25) is 5.02 Å². The van der Waals surface area contributed by atoms with Gasteiger partial charge in [-0.05, 0) is 54.4 Å². The van der Waals surface area contributed by atoms with Crippen molar-refractivity contribution in [3.63, 3.8) is 0 Å². The smallest absolute Gasteiger partial charge is 0.176 e. The molecule has 0 unspecified atom stereocenters. The molecule has 2 aromatic rings. The average molecular weight is 320 g/mol. The molecule has 0 bridgehead atoms. The summed E-state index contributed by atoms with van der Waals surface area (Å²) in [6.45, 7) is 5.04. The lowest BCUT2D eigenvalue weighted by Gasteiger charge is -2.36. The minimum absolute atomic E-state index is 0.134. The van der Waals surface area contributed by atoms with E-state index in [-0.39, 0.29) is 5.54 Å². The molecule has 0 spiro atoms. The SMILES string of the molecule is CCNC1(c2nnnn2-c2cccc(Cl)c2C)CCCCC1. The second-order valence-electron chi connectivity index (χ2n) is 5.97. The van der Waals surface area contributed by atoms with Crippen LogP contribution in [0.4, 0.5) is 0 Å². The van der Waals surface area contributed by atoms with Gasteiger partial charge in [-0.1, -0.05) is 43.9 Å². The molecule has 1 aliphatic rings. The van der Waals surface area contributed by atoms with Crippen LogP contribution in [0.15, 0.2) is 18.2 Å². The first-order valence-electron chi connectivity index (χ1n) is 7.97. The van der Waals surface area contributed by atoms with E-state index in [4.69, 9.17) is 11.6 Å². The number of aromatic nitrogens is 4. The third-order valence-corrected chi connectivity index (χ3v) is 5.00. The van der Waals surface area contributed by atoms with Crippen molar-refractivity contribution in [2.75, 3.05) is 6.54 Å². The number of rotatable bonds is 4. The van der Waals surface area contributed by atoms with E-state index in [2.05, 4.69) is 27.8 Å². The molecule has 118 valence electrons. The predicted octanol–water partition coefficient (Wildman–Crippen LogP) is 3.39. The minimum atomic E-state index is -0.134. The molecule has 1 aromatic heterocycles. The van der Waals surface area contributed by atoms with Gasteiger partial charge < -0.3 is 5.32 Å². The van der Waals surface area contributed by atoms with E-state index in [1.165, 1.54) is 19.3 Å². The third-order valence-electron chi connectivity index (χ3n) is 4.59. The molecule has 1 N–H and O–H groups in total. The van der Waals surface area contributed by atoms with Crippen LogP contribution in [0.25, 0.3) is 5.69 Å². The Morgan fingerprint density at radius 2 is 2.05 bits per heavy atom. The van der Waals surface area contributed by atoms with Gasteiger partial charge in [-0.3, -0.25) is 0 Å². The van der Waals surface area contributed by atoms with E-state index in [9.17, 15) is 0 Å². The minimum Gasteiger partial charge on any atom is -0.305 e. The van der Waals surface area contributed by atoms with Gasteiger partial charge in [-0.25, -0.2) is 0 Å². The van der Waals surface area contributed by atoms with Gasteiger partial charge in [-0.15, -0.1) is 5.10 Å². The molecule has 1 fully saturated rings. The van der Waals surface area contributed by atoms with Crippen molar-refractivity contribution in [3.8, 4) is 5.69 Å². The molecule has 1 saturated carbocycles. The molecule has 0 radical (unpaired) electrons. The third kappa shape index (κ3) is 2.63. The predicted molar refractivity (Wildman–Crippen MR) is 87.3 cm³/mol. The molecule has 0 saturated heterocycles. The Hall–Kier alpha value is -1.46. The number of nitrogens with one attached hydrogen (secondary N) is 1. The fourth-order valence-electron chi connectivity index (χ4n) is 3.45. The summed E-state index contributed by atoms with van der Waals surface area (Å²) in [4.78, 5) is 0. The van der Waals surface area contributed by atoms with Gasteiger partial charge in [0.05, 0.1) is 11.2 Å². The molecule has 3 rings (SSSR count). The van der Waals surface area contributed by atoms with Crippen molar-refractivity contribution in [2.24, 2.45) is 0 Å². The molecule has 5 nitrogen and oxygen atoms in total. The van der Waals surface area contributed by atoms with Crippen LogP contribution in [0.5, 0.6) is 0 Å². The molecular formula is C16H22ClN5. The topological polar surface area (TPSA) is 55.6 Å². The lowest BCUT2D eigenvalue weighted by atomic mass is 9.80. The summed E-state index contributed by atoms with van der Waals surface area (Å²) in [7, 11) is 0. The maximum Gasteiger partial charge on any atom is 0.176 e. The average Bonchev–Trinajstić information content (AvgIpc) is 3.01. The van der Waals surface area contributed by atoms with E-state index >= 15 is 0 Å². The van der Waals surface area contributed by atoms with Crippen molar-refractivity contribution in [3.05, 3.63) is 34.6 Å². The van der Waals surface area contributed by atoms with Crippen LogP contribution in [0, 0.1) is 6.92 Å². The summed E-state index contributed by atoms with van der Waals surface area (Å²) in [6.07, 6.45) is 5.83. The van der Waals surface area contributed by atoms with Crippen LogP contribution < -0.4 is 5.32 Å². The first-order valence-corrected chi connectivity index (χ1v) is 8.35. The molecule has 1 heterocycles. The van der Waals surface area contributed by atoms with Crippen LogP contribution in [-0.4, -0.2) is 26.8 Å². The number of halogens is 1. The summed E-state index contributed by atoms with van der Waals surface area (Å²) in [5.74, 6) is 0.902. The van der Waals surface area contributed by atoms with Crippen LogP contribution in [-0.2, 0) is 5.54 Å². The Labute approximate surface area is 136 Å². The van der Waals surface area contributed by atoms with Crippen LogP contribution in [0.1, 0.15) is 50.4 Å². The van der Waals surface area contributed by atoms with Crippen LogP contribution in [0.3, 0.4) is 0 Å². The Morgan fingerprint density at radius 3 is 2.77 bits per heavy atom. The van der Waals surface area contributed by atoms with E-state index < -0.39 is 0 Å². The van der Waals surface area contributed by atoms with E-state index in [0.29, 0.717) is 0 Å². The summed E-state index contributed by atoms with van der Waals surface area (Å²) in [6, 6.07) is 5.85. The van der Waals surface area contributed by atoms with Gasteiger partial charge in [-0.2, -0.15) is 4.68 Å². The molecule has 1 aliphatic carbocycles. The monoisotopic (exact) mass is 319 g/mol. The highest BCUT2D eigenvalue weighted by Crippen LogP contribution is 2.37. The van der Waals surface area contributed by atoms with Crippen LogP contribution >= 0.6 is 11.6 Å². The molecular weight excluding hydrogens is 298 g/mol. The van der Waals surface area contributed by atoms with Gasteiger partial charge in [0, 0.05) is 5.02 Å². The molecule has 0 amide bonds. The Balaban J connectivity index is 2.09. The van der Waals surface area contributed by atoms with Gasteiger partial charge in [0.2, 0.25) is 0 Å². The molecule has 6 heteroatoms. The Morgan fingerprint density at radius 1 is 1.27 bits per heavy atom. The number of tetrazole rings is 1. The summed E-state index contributed by atoms with van der Waals surface area (Å²) in [5, 5.41) is 17.0. The Kier molecular flexibility index (Phi) is 4.45. The van der Waals surface area contributed by atoms with Gasteiger partial charge in [0.1, 0.15) is 0 Å². The fourth-order valence-corrected chi connectivity index (χ4v) is 3.62. The van der Waals surface area contributed by atoms with Crippen molar-refractivity contribution < 1.29 is 0 Å². The van der Waals surface area contributed by atoms with Gasteiger partial charge in [0.15, 0.2) is 5.82 Å². The quantitative estimate of drug-likeness (QED) is 0.938. The zero-order valence-corrected chi connectivity index (χ0v) is 13.9. The van der Waals surface area contributed by atoms with E-state index in [1.807, 2.05) is 29.8 Å². The number of nitrogens with zero attached hydrogens (tertiary/aromatic N) is 4. The number of hydrogen-bond acceptors (Lipinski definition) is 4. The molecule has 22 heavy (non-hydrogen) atoms. The second kappa shape index (κ2) is 6.34. The zero-order chi connectivity index (χ0) is 15.6. The lowest BCUT2D eigenvalue weighted by Crippen LogP contribution is -2.46. The Bertz CT molecular complexity index is 640. The van der Waals surface area contributed by atoms with E-state index in [0.717, 1.165) is 41.5 Å². The molecule has 0 aliphatic heterocycles. The first kappa shape index (κ1) is 15.4. The van der Waals surface area contributed by atoms with E-state index in [1.54, 1.807) is 0 Å². The first-order chi connectivity index (χ1) is 10.7. The fraction of sp³-hybridized carbons (Fsp3) is 0.562. The highest BCUT2D eigenvalue weighted by atomic mass is 35.5. The number of benzene rings is 1. The summed E-state index contributed by atoms with van der Waals surface area (Å²) < 4.78 is 1.86. The van der Waals surface area contributed by atoms with Crippen molar-refractivity contribution >= 4 is 11.6 Å².